The fourth-order valence-corrected chi connectivity index (χ4v) is 4.10. The molecule has 6 heteroatoms. The molecule has 1 atom stereocenters. The molecule has 2 heterocycles. The third-order valence-corrected chi connectivity index (χ3v) is 5.44. The van der Waals surface area contributed by atoms with E-state index in [0.29, 0.717) is 12.5 Å². The maximum absolute atomic E-state index is 12.6. The number of likely N-dealkylation sites (tertiary alicyclic amines) is 2. The predicted octanol–water partition coefficient (Wildman–Crippen LogP) is 1.18. The number of primary amides is 1. The Morgan fingerprint density at radius 3 is 2.56 bits per heavy atom. The van der Waals surface area contributed by atoms with E-state index in [1.165, 1.54) is 0 Å². The van der Waals surface area contributed by atoms with Crippen LogP contribution in [0.25, 0.3) is 0 Å². The average Bonchev–Trinajstić information content (AvgIpc) is 3.12. The molecule has 6 nitrogen and oxygen atoms in total. The van der Waals surface area contributed by atoms with E-state index in [9.17, 15) is 9.59 Å². The molecule has 0 bridgehead atoms. The van der Waals surface area contributed by atoms with Crippen LogP contribution in [0, 0.1) is 0 Å². The van der Waals surface area contributed by atoms with E-state index in [2.05, 4.69) is 4.90 Å². The summed E-state index contributed by atoms with van der Waals surface area (Å²) in [4.78, 5) is 28.4. The van der Waals surface area contributed by atoms with Gasteiger partial charge in [-0.25, -0.2) is 0 Å². The molecule has 0 spiro atoms. The number of nitrogens with zero attached hydrogens (tertiary/aromatic N) is 2. The van der Waals surface area contributed by atoms with Gasteiger partial charge in [-0.3, -0.25) is 14.5 Å². The molecular formula is C19H27N3O3. The molecule has 2 N–H and O–H groups in total. The first kappa shape index (κ1) is 17.7. The van der Waals surface area contributed by atoms with Crippen LogP contribution in [0.2, 0.25) is 0 Å². The number of nitrogens with two attached hydrogens (primary N) is 1. The third-order valence-electron chi connectivity index (χ3n) is 5.44. The van der Waals surface area contributed by atoms with Gasteiger partial charge in [0.15, 0.2) is 0 Å². The maximum Gasteiger partial charge on any atom is 0.234 e. The van der Waals surface area contributed by atoms with Crippen molar-refractivity contribution in [2.45, 2.75) is 44.2 Å². The SMILES string of the molecule is COc1ccccc1CC(=O)N1CCC(N2CCC[C@@H]2C(N)=O)CC1. The molecule has 2 aliphatic rings. The van der Waals surface area contributed by atoms with Crippen LogP contribution in [0.4, 0.5) is 0 Å². The van der Waals surface area contributed by atoms with Crippen molar-refractivity contribution in [3.63, 3.8) is 0 Å². The maximum atomic E-state index is 12.6. The fraction of sp³-hybridized carbons (Fsp3) is 0.579. The summed E-state index contributed by atoms with van der Waals surface area (Å²) in [5.74, 6) is 0.676. The zero-order valence-electron chi connectivity index (χ0n) is 14.8. The van der Waals surface area contributed by atoms with Gasteiger partial charge in [0.25, 0.3) is 0 Å². The molecule has 0 unspecified atom stereocenters. The number of para-hydroxylation sites is 1. The van der Waals surface area contributed by atoms with Gasteiger partial charge < -0.3 is 15.4 Å². The lowest BCUT2D eigenvalue weighted by atomic mass is 10.0. The summed E-state index contributed by atoms with van der Waals surface area (Å²) in [6.07, 6.45) is 4.06. The molecule has 2 amide bonds. The molecule has 136 valence electrons. The lowest BCUT2D eigenvalue weighted by Crippen LogP contribution is -2.51. The Bertz CT molecular complexity index is 626. The number of hydrogen-bond acceptors (Lipinski definition) is 4. The minimum Gasteiger partial charge on any atom is -0.496 e. The molecule has 0 radical (unpaired) electrons. The summed E-state index contributed by atoms with van der Waals surface area (Å²) in [6.45, 7) is 2.41. The zero-order valence-corrected chi connectivity index (χ0v) is 14.8. The number of benzene rings is 1. The molecule has 1 aromatic carbocycles. The van der Waals surface area contributed by atoms with Gasteiger partial charge in [-0.15, -0.1) is 0 Å². The van der Waals surface area contributed by atoms with Gasteiger partial charge in [-0.05, 0) is 38.3 Å². The summed E-state index contributed by atoms with van der Waals surface area (Å²) in [7, 11) is 1.63. The van der Waals surface area contributed by atoms with Crippen LogP contribution in [0.15, 0.2) is 24.3 Å². The highest BCUT2D eigenvalue weighted by Crippen LogP contribution is 2.26. The minimum absolute atomic E-state index is 0.124. The summed E-state index contributed by atoms with van der Waals surface area (Å²) >= 11 is 0. The van der Waals surface area contributed by atoms with E-state index in [4.69, 9.17) is 10.5 Å². The Hall–Kier alpha value is -2.08. The normalized spacial score (nSPS) is 22.1. The van der Waals surface area contributed by atoms with Crippen molar-refractivity contribution in [1.29, 1.82) is 0 Å². The van der Waals surface area contributed by atoms with Crippen molar-refractivity contribution in [2.75, 3.05) is 26.7 Å². The second kappa shape index (κ2) is 7.87. The Labute approximate surface area is 148 Å². The average molecular weight is 345 g/mol. The van der Waals surface area contributed by atoms with Gasteiger partial charge in [0, 0.05) is 24.7 Å². The molecule has 2 aliphatic heterocycles. The van der Waals surface area contributed by atoms with Crippen LogP contribution in [-0.2, 0) is 16.0 Å². The smallest absolute Gasteiger partial charge is 0.234 e. The van der Waals surface area contributed by atoms with Crippen molar-refractivity contribution >= 4 is 11.8 Å². The van der Waals surface area contributed by atoms with Crippen LogP contribution in [0.3, 0.4) is 0 Å². The van der Waals surface area contributed by atoms with E-state index < -0.39 is 0 Å². The molecule has 2 saturated heterocycles. The topological polar surface area (TPSA) is 75.9 Å². The predicted molar refractivity (Wildman–Crippen MR) is 95.2 cm³/mol. The van der Waals surface area contributed by atoms with Gasteiger partial charge in [0.1, 0.15) is 5.75 Å². The molecule has 0 saturated carbocycles. The van der Waals surface area contributed by atoms with Crippen LogP contribution in [0.1, 0.15) is 31.2 Å². The van der Waals surface area contributed by atoms with Crippen LogP contribution < -0.4 is 10.5 Å². The fourth-order valence-electron chi connectivity index (χ4n) is 4.10. The van der Waals surface area contributed by atoms with Gasteiger partial charge in [0.05, 0.1) is 19.6 Å². The number of carbonyl (C=O) groups excluding carboxylic acids is 2. The van der Waals surface area contributed by atoms with Gasteiger partial charge in [-0.2, -0.15) is 0 Å². The number of carbonyl (C=O) groups is 2. The van der Waals surface area contributed by atoms with Gasteiger partial charge in [0.2, 0.25) is 11.8 Å². The largest absolute Gasteiger partial charge is 0.496 e. The first-order valence-electron chi connectivity index (χ1n) is 9.05. The van der Waals surface area contributed by atoms with Gasteiger partial charge in [-0.1, -0.05) is 18.2 Å². The number of ether oxygens (including phenoxy) is 1. The van der Waals surface area contributed by atoms with Crippen molar-refractivity contribution in [1.82, 2.24) is 9.80 Å². The van der Waals surface area contributed by atoms with E-state index in [-0.39, 0.29) is 17.9 Å². The number of piperidine rings is 1. The summed E-state index contributed by atoms with van der Waals surface area (Å²) in [5.41, 5.74) is 6.45. The molecule has 0 aliphatic carbocycles. The number of rotatable bonds is 5. The second-order valence-corrected chi connectivity index (χ2v) is 6.90. The Morgan fingerprint density at radius 2 is 1.88 bits per heavy atom. The van der Waals surface area contributed by atoms with Gasteiger partial charge >= 0.3 is 0 Å². The number of methoxy groups -OCH3 is 1. The molecule has 0 aromatic heterocycles. The van der Waals surface area contributed by atoms with Crippen molar-refractivity contribution < 1.29 is 14.3 Å². The van der Waals surface area contributed by atoms with Crippen molar-refractivity contribution in [3.05, 3.63) is 29.8 Å². The second-order valence-electron chi connectivity index (χ2n) is 6.90. The highest BCUT2D eigenvalue weighted by Gasteiger charge is 2.36. The van der Waals surface area contributed by atoms with Crippen LogP contribution >= 0.6 is 0 Å². The van der Waals surface area contributed by atoms with Crippen LogP contribution in [0.5, 0.6) is 5.75 Å². The third kappa shape index (κ3) is 3.95. The Morgan fingerprint density at radius 1 is 1.16 bits per heavy atom. The van der Waals surface area contributed by atoms with Crippen molar-refractivity contribution in [3.8, 4) is 5.75 Å². The number of hydrogen-bond donors (Lipinski definition) is 1. The molecular weight excluding hydrogens is 318 g/mol. The van der Waals surface area contributed by atoms with E-state index in [1.54, 1.807) is 7.11 Å². The number of amides is 2. The minimum atomic E-state index is -0.216. The van der Waals surface area contributed by atoms with E-state index >= 15 is 0 Å². The summed E-state index contributed by atoms with van der Waals surface area (Å²) in [6, 6.07) is 7.88. The van der Waals surface area contributed by atoms with E-state index in [1.807, 2.05) is 29.2 Å². The van der Waals surface area contributed by atoms with Crippen molar-refractivity contribution in [2.24, 2.45) is 5.73 Å². The summed E-state index contributed by atoms with van der Waals surface area (Å²) < 4.78 is 5.33. The first-order chi connectivity index (χ1) is 12.1. The quantitative estimate of drug-likeness (QED) is 0.869. The standard InChI is InChI=1S/C19H27N3O3/c1-25-17-7-3-2-5-14(17)13-18(23)21-11-8-15(9-12-21)22-10-4-6-16(22)19(20)24/h2-3,5,7,15-16H,4,6,8-13H2,1H3,(H2,20,24)/t16-/m1/s1. The molecule has 1 aromatic rings. The monoisotopic (exact) mass is 345 g/mol. The lowest BCUT2D eigenvalue weighted by Gasteiger charge is -2.38. The highest BCUT2D eigenvalue weighted by atomic mass is 16.5. The highest BCUT2D eigenvalue weighted by molar-refractivity contribution is 5.80. The summed E-state index contributed by atoms with van der Waals surface area (Å²) in [5, 5.41) is 0. The van der Waals surface area contributed by atoms with E-state index in [0.717, 1.165) is 56.6 Å². The molecule has 2 fully saturated rings. The lowest BCUT2D eigenvalue weighted by molar-refractivity contribution is -0.133. The molecule has 3 rings (SSSR count). The zero-order chi connectivity index (χ0) is 17.8. The Kier molecular flexibility index (Phi) is 5.58. The molecule has 25 heavy (non-hydrogen) atoms. The Balaban J connectivity index is 1.55. The van der Waals surface area contributed by atoms with Crippen LogP contribution in [-0.4, -0.2) is 60.4 Å². The first-order valence-corrected chi connectivity index (χ1v) is 9.05.